The molecular weight excluding hydrogens is 316 g/mol. The predicted molar refractivity (Wildman–Crippen MR) is 81.5 cm³/mol. The SMILES string of the molecule is COC(=O)c1ccc(COC(=O)c2n[nH]c(=O)c3ccccc23)o1. The lowest BCUT2D eigenvalue weighted by Gasteiger charge is -2.05. The predicted octanol–water partition coefficient (Wildman–Crippen LogP) is 1.66. The molecule has 0 unspecified atom stereocenters. The quantitative estimate of drug-likeness (QED) is 0.725. The first-order valence-corrected chi connectivity index (χ1v) is 6.91. The minimum absolute atomic E-state index is 0.00931. The average molecular weight is 328 g/mol. The molecule has 0 radical (unpaired) electrons. The summed E-state index contributed by atoms with van der Waals surface area (Å²) in [5.41, 5.74) is -0.402. The Labute approximate surface area is 135 Å². The molecule has 1 aromatic carbocycles. The summed E-state index contributed by atoms with van der Waals surface area (Å²) in [7, 11) is 1.23. The van der Waals surface area contributed by atoms with Crippen LogP contribution in [-0.2, 0) is 16.1 Å². The summed E-state index contributed by atoms with van der Waals surface area (Å²) in [6, 6.07) is 9.48. The number of nitrogens with one attached hydrogen (secondary N) is 1. The molecule has 0 atom stereocenters. The van der Waals surface area contributed by atoms with Gasteiger partial charge in [-0.05, 0) is 18.2 Å². The number of carbonyl (C=O) groups excluding carboxylic acids is 2. The van der Waals surface area contributed by atoms with Crippen molar-refractivity contribution in [2.75, 3.05) is 7.11 Å². The normalized spacial score (nSPS) is 10.5. The van der Waals surface area contributed by atoms with Crippen molar-refractivity contribution < 1.29 is 23.5 Å². The van der Waals surface area contributed by atoms with E-state index in [1.54, 1.807) is 24.3 Å². The van der Waals surface area contributed by atoms with Crippen LogP contribution in [0.2, 0.25) is 0 Å². The highest BCUT2D eigenvalue weighted by Crippen LogP contribution is 2.15. The smallest absolute Gasteiger partial charge is 0.373 e. The molecular formula is C16H12N2O6. The zero-order valence-electron chi connectivity index (χ0n) is 12.6. The number of benzene rings is 1. The second kappa shape index (κ2) is 6.37. The van der Waals surface area contributed by atoms with Gasteiger partial charge in [0.15, 0.2) is 5.69 Å². The summed E-state index contributed by atoms with van der Waals surface area (Å²) in [4.78, 5) is 35.2. The Morgan fingerprint density at radius 2 is 1.88 bits per heavy atom. The number of esters is 2. The molecule has 0 saturated carbocycles. The molecule has 24 heavy (non-hydrogen) atoms. The lowest BCUT2D eigenvalue weighted by Crippen LogP contribution is -2.15. The fourth-order valence-electron chi connectivity index (χ4n) is 2.14. The maximum absolute atomic E-state index is 12.2. The van der Waals surface area contributed by atoms with Crippen LogP contribution in [0.1, 0.15) is 26.8 Å². The summed E-state index contributed by atoms with van der Waals surface area (Å²) in [5.74, 6) is -1.06. The monoisotopic (exact) mass is 328 g/mol. The second-order valence-electron chi connectivity index (χ2n) is 4.78. The largest absolute Gasteiger partial charge is 0.463 e. The van der Waals surface area contributed by atoms with E-state index in [1.165, 1.54) is 19.2 Å². The number of methoxy groups -OCH3 is 1. The fraction of sp³-hybridized carbons (Fsp3) is 0.125. The molecule has 1 N–H and O–H groups in total. The number of fused-ring (bicyclic) bond motifs is 1. The van der Waals surface area contributed by atoms with Gasteiger partial charge in [0.05, 0.1) is 12.5 Å². The molecule has 0 aliphatic carbocycles. The van der Waals surface area contributed by atoms with Crippen LogP contribution in [0.5, 0.6) is 0 Å². The van der Waals surface area contributed by atoms with Crippen LogP contribution in [-0.4, -0.2) is 29.2 Å². The Bertz CT molecular complexity index is 972. The topological polar surface area (TPSA) is 111 Å². The molecule has 2 heterocycles. The summed E-state index contributed by atoms with van der Waals surface area (Å²) in [5, 5.41) is 6.73. The van der Waals surface area contributed by atoms with E-state index in [2.05, 4.69) is 14.9 Å². The molecule has 0 aliphatic heterocycles. The van der Waals surface area contributed by atoms with Crippen molar-refractivity contribution in [1.82, 2.24) is 10.2 Å². The highest BCUT2D eigenvalue weighted by molar-refractivity contribution is 6.01. The van der Waals surface area contributed by atoms with Crippen molar-refractivity contribution in [1.29, 1.82) is 0 Å². The first-order chi connectivity index (χ1) is 11.6. The number of aromatic amines is 1. The molecule has 0 aliphatic rings. The first kappa shape index (κ1) is 15.5. The van der Waals surface area contributed by atoms with Crippen molar-refractivity contribution >= 4 is 22.7 Å². The van der Waals surface area contributed by atoms with Crippen molar-refractivity contribution in [3.8, 4) is 0 Å². The molecule has 3 rings (SSSR count). The maximum atomic E-state index is 12.2. The summed E-state index contributed by atoms with van der Waals surface area (Å²) in [6.45, 7) is -0.190. The molecule has 8 heteroatoms. The van der Waals surface area contributed by atoms with Gasteiger partial charge in [-0.1, -0.05) is 18.2 Å². The van der Waals surface area contributed by atoms with E-state index in [0.29, 0.717) is 10.8 Å². The molecule has 0 spiro atoms. The first-order valence-electron chi connectivity index (χ1n) is 6.91. The standard InChI is InChI=1S/C16H12N2O6/c1-22-15(20)12-7-6-9(24-12)8-23-16(21)13-10-4-2-3-5-11(10)14(19)18-17-13/h2-7H,8H2,1H3,(H,18,19). The third-order valence-corrected chi connectivity index (χ3v) is 3.28. The van der Waals surface area contributed by atoms with Crippen LogP contribution < -0.4 is 5.56 Å². The maximum Gasteiger partial charge on any atom is 0.373 e. The van der Waals surface area contributed by atoms with E-state index >= 15 is 0 Å². The van der Waals surface area contributed by atoms with Gasteiger partial charge in [0.25, 0.3) is 5.56 Å². The number of carbonyl (C=O) groups is 2. The van der Waals surface area contributed by atoms with Crippen molar-refractivity contribution in [3.05, 3.63) is 64.0 Å². The minimum Gasteiger partial charge on any atom is -0.463 e. The Morgan fingerprint density at radius 1 is 1.12 bits per heavy atom. The highest BCUT2D eigenvalue weighted by atomic mass is 16.6. The molecule has 0 amide bonds. The average Bonchev–Trinajstić information content (AvgIpc) is 3.08. The van der Waals surface area contributed by atoms with E-state index in [4.69, 9.17) is 9.15 Å². The zero-order chi connectivity index (χ0) is 17.1. The van der Waals surface area contributed by atoms with Crippen molar-refractivity contribution in [3.63, 3.8) is 0 Å². The lowest BCUT2D eigenvalue weighted by molar-refractivity contribution is 0.0433. The second-order valence-corrected chi connectivity index (χ2v) is 4.78. The lowest BCUT2D eigenvalue weighted by atomic mass is 10.1. The third-order valence-electron chi connectivity index (χ3n) is 3.28. The van der Waals surface area contributed by atoms with Crippen LogP contribution >= 0.6 is 0 Å². The van der Waals surface area contributed by atoms with Gasteiger partial charge in [0.2, 0.25) is 5.76 Å². The minimum atomic E-state index is -0.724. The summed E-state index contributed by atoms with van der Waals surface area (Å²) >= 11 is 0. The van der Waals surface area contributed by atoms with Gasteiger partial charge in [-0.15, -0.1) is 0 Å². The van der Waals surface area contributed by atoms with E-state index in [9.17, 15) is 14.4 Å². The number of furan rings is 1. The number of H-pyrrole nitrogens is 1. The summed E-state index contributed by atoms with van der Waals surface area (Å²) in [6.07, 6.45) is 0. The van der Waals surface area contributed by atoms with Gasteiger partial charge in [-0.2, -0.15) is 5.10 Å². The highest BCUT2D eigenvalue weighted by Gasteiger charge is 2.17. The molecule has 8 nitrogen and oxygen atoms in total. The van der Waals surface area contributed by atoms with Gasteiger partial charge in [-0.25, -0.2) is 14.7 Å². The van der Waals surface area contributed by atoms with E-state index in [0.717, 1.165) is 0 Å². The van der Waals surface area contributed by atoms with Gasteiger partial charge in [0, 0.05) is 5.39 Å². The Kier molecular flexibility index (Phi) is 4.11. The third kappa shape index (κ3) is 2.89. The van der Waals surface area contributed by atoms with Crippen LogP contribution in [0.25, 0.3) is 10.8 Å². The number of rotatable bonds is 4. The Morgan fingerprint density at radius 3 is 2.62 bits per heavy atom. The Hall–Kier alpha value is -3.42. The fourth-order valence-corrected chi connectivity index (χ4v) is 2.14. The van der Waals surface area contributed by atoms with Crippen LogP contribution in [0.3, 0.4) is 0 Å². The number of nitrogens with zero attached hydrogens (tertiary/aromatic N) is 1. The number of hydrogen-bond donors (Lipinski definition) is 1. The molecule has 0 fully saturated rings. The van der Waals surface area contributed by atoms with E-state index in [-0.39, 0.29) is 23.8 Å². The number of hydrogen-bond acceptors (Lipinski definition) is 7. The van der Waals surface area contributed by atoms with Gasteiger partial charge >= 0.3 is 11.9 Å². The Balaban J connectivity index is 1.79. The molecule has 0 bridgehead atoms. The van der Waals surface area contributed by atoms with Crippen molar-refractivity contribution in [2.45, 2.75) is 6.61 Å². The van der Waals surface area contributed by atoms with Crippen LogP contribution in [0.4, 0.5) is 0 Å². The van der Waals surface area contributed by atoms with E-state index < -0.39 is 17.5 Å². The van der Waals surface area contributed by atoms with Gasteiger partial charge in [-0.3, -0.25) is 4.79 Å². The molecule has 3 aromatic rings. The molecule has 122 valence electrons. The summed E-state index contributed by atoms with van der Waals surface area (Å²) < 4.78 is 14.8. The van der Waals surface area contributed by atoms with Crippen LogP contribution in [0.15, 0.2) is 45.6 Å². The number of ether oxygens (including phenoxy) is 2. The van der Waals surface area contributed by atoms with Crippen LogP contribution in [0, 0.1) is 0 Å². The van der Waals surface area contributed by atoms with Gasteiger partial charge < -0.3 is 13.9 Å². The molecule has 2 aromatic heterocycles. The number of aromatic nitrogens is 2. The molecule has 0 saturated heterocycles. The van der Waals surface area contributed by atoms with Gasteiger partial charge in [0.1, 0.15) is 12.4 Å². The van der Waals surface area contributed by atoms with E-state index in [1.807, 2.05) is 0 Å². The van der Waals surface area contributed by atoms with Crippen molar-refractivity contribution in [2.24, 2.45) is 0 Å². The zero-order valence-corrected chi connectivity index (χ0v) is 12.6.